The molecule has 2 aromatic heterocycles. The second-order valence-electron chi connectivity index (χ2n) is 8.55. The number of hydrogen-bond acceptors (Lipinski definition) is 5. The average molecular weight is 490 g/mol. The number of aromatic nitrogens is 2. The topological polar surface area (TPSA) is 105 Å². The van der Waals surface area contributed by atoms with Crippen LogP contribution in [0.1, 0.15) is 25.5 Å². The van der Waals surface area contributed by atoms with Gasteiger partial charge in [0.25, 0.3) is 0 Å². The highest BCUT2D eigenvalue weighted by Crippen LogP contribution is 2.37. The Morgan fingerprint density at radius 2 is 1.86 bits per heavy atom. The van der Waals surface area contributed by atoms with Crippen molar-refractivity contribution in [3.63, 3.8) is 0 Å². The number of nitrogens with zero attached hydrogens (tertiary/aromatic N) is 2. The van der Waals surface area contributed by atoms with E-state index in [4.69, 9.17) is 4.74 Å². The normalized spacial score (nSPS) is 12.0. The standard InChI is InChI=1S/C26H20FN3O4S/c1-14(2)30-22-11-19(16-5-4-6-17(10-16)35(27,32)33)23(34-3)12-20(22)25(31)24-18-8-7-15(13-28)9-21(18)29-26(24)30/h4-12,14,29H,1-3H3. The first-order valence-corrected chi connectivity index (χ1v) is 12.2. The molecule has 0 fully saturated rings. The number of benzene rings is 3. The number of aromatic amines is 1. The third-order valence-electron chi connectivity index (χ3n) is 6.14. The summed E-state index contributed by atoms with van der Waals surface area (Å²) in [7, 11) is -3.44. The number of fused-ring (bicyclic) bond motifs is 4. The van der Waals surface area contributed by atoms with Crippen molar-refractivity contribution in [2.75, 3.05) is 7.11 Å². The Hall–Kier alpha value is -4.16. The minimum absolute atomic E-state index is 0.0668. The van der Waals surface area contributed by atoms with Crippen LogP contribution in [0.4, 0.5) is 3.89 Å². The molecule has 0 aliphatic heterocycles. The van der Waals surface area contributed by atoms with Crippen molar-refractivity contribution < 1.29 is 17.0 Å². The van der Waals surface area contributed by atoms with E-state index < -0.39 is 15.1 Å². The maximum atomic E-state index is 13.7. The van der Waals surface area contributed by atoms with E-state index in [1.165, 1.54) is 25.3 Å². The molecule has 176 valence electrons. The van der Waals surface area contributed by atoms with Crippen molar-refractivity contribution in [1.82, 2.24) is 9.55 Å². The molecule has 5 aromatic rings. The Labute approximate surface area is 200 Å². The number of ether oxygens (including phenoxy) is 1. The van der Waals surface area contributed by atoms with E-state index in [2.05, 4.69) is 11.1 Å². The van der Waals surface area contributed by atoms with Gasteiger partial charge in [0, 0.05) is 22.5 Å². The summed E-state index contributed by atoms with van der Waals surface area (Å²) in [6.45, 7) is 3.96. The molecular weight excluding hydrogens is 469 g/mol. The summed E-state index contributed by atoms with van der Waals surface area (Å²) in [5.41, 5.74) is 3.11. The second-order valence-corrected chi connectivity index (χ2v) is 9.90. The molecule has 0 radical (unpaired) electrons. The molecule has 0 saturated heterocycles. The predicted octanol–water partition coefficient (Wildman–Crippen LogP) is 5.42. The molecule has 0 atom stereocenters. The zero-order valence-electron chi connectivity index (χ0n) is 19.1. The van der Waals surface area contributed by atoms with E-state index in [-0.39, 0.29) is 11.5 Å². The largest absolute Gasteiger partial charge is 0.496 e. The summed E-state index contributed by atoms with van der Waals surface area (Å²) in [6.07, 6.45) is 0. The lowest BCUT2D eigenvalue weighted by atomic mass is 10.0. The van der Waals surface area contributed by atoms with Crippen molar-refractivity contribution in [2.45, 2.75) is 24.8 Å². The van der Waals surface area contributed by atoms with Gasteiger partial charge in [0.2, 0.25) is 0 Å². The molecule has 7 nitrogen and oxygen atoms in total. The quantitative estimate of drug-likeness (QED) is 0.339. The van der Waals surface area contributed by atoms with Crippen LogP contribution in [-0.4, -0.2) is 25.1 Å². The van der Waals surface area contributed by atoms with Crippen LogP contribution in [0.2, 0.25) is 0 Å². The minimum Gasteiger partial charge on any atom is -0.496 e. The van der Waals surface area contributed by atoms with Crippen LogP contribution >= 0.6 is 0 Å². The van der Waals surface area contributed by atoms with E-state index in [1.54, 1.807) is 36.4 Å². The van der Waals surface area contributed by atoms with Crippen LogP contribution in [0, 0.1) is 11.3 Å². The van der Waals surface area contributed by atoms with Gasteiger partial charge < -0.3 is 14.3 Å². The van der Waals surface area contributed by atoms with Gasteiger partial charge in [-0.15, -0.1) is 3.89 Å². The fraction of sp³-hybridized carbons (Fsp3) is 0.154. The summed E-state index contributed by atoms with van der Waals surface area (Å²) in [5.74, 6) is 0.351. The average Bonchev–Trinajstić information content (AvgIpc) is 3.21. The lowest BCUT2D eigenvalue weighted by Crippen LogP contribution is -2.13. The maximum Gasteiger partial charge on any atom is 0.332 e. The van der Waals surface area contributed by atoms with Gasteiger partial charge in [-0.1, -0.05) is 18.2 Å². The molecule has 0 aliphatic rings. The van der Waals surface area contributed by atoms with E-state index >= 15 is 0 Å². The number of rotatable bonds is 4. The van der Waals surface area contributed by atoms with E-state index in [1.807, 2.05) is 18.4 Å². The molecular formula is C26H20FN3O4S. The minimum atomic E-state index is -4.90. The SMILES string of the molecule is COc1cc2c(=O)c3c4ccc(C#N)cc4[nH]c3n(C(C)C)c2cc1-c1cccc(S(=O)(=O)F)c1. The molecule has 0 unspecified atom stereocenters. The summed E-state index contributed by atoms with van der Waals surface area (Å²) in [6, 6.07) is 16.1. The van der Waals surface area contributed by atoms with Crippen molar-refractivity contribution in [2.24, 2.45) is 0 Å². The van der Waals surface area contributed by atoms with Gasteiger partial charge in [0.05, 0.1) is 39.9 Å². The van der Waals surface area contributed by atoms with Crippen molar-refractivity contribution in [1.29, 1.82) is 5.26 Å². The zero-order valence-corrected chi connectivity index (χ0v) is 19.9. The molecule has 2 heterocycles. The molecule has 5 rings (SSSR count). The Bertz CT molecular complexity index is 1880. The van der Waals surface area contributed by atoms with Crippen molar-refractivity contribution in [3.05, 3.63) is 70.4 Å². The molecule has 0 spiro atoms. The maximum absolute atomic E-state index is 13.7. The van der Waals surface area contributed by atoms with Crippen molar-refractivity contribution >= 4 is 43.1 Å². The zero-order chi connectivity index (χ0) is 25.1. The summed E-state index contributed by atoms with van der Waals surface area (Å²) >= 11 is 0. The van der Waals surface area contributed by atoms with Gasteiger partial charge in [-0.05, 0) is 55.8 Å². The van der Waals surface area contributed by atoms with Crippen molar-refractivity contribution in [3.8, 4) is 22.9 Å². The van der Waals surface area contributed by atoms with Gasteiger partial charge in [-0.3, -0.25) is 4.79 Å². The lowest BCUT2D eigenvalue weighted by Gasteiger charge is -2.19. The van der Waals surface area contributed by atoms with E-state index in [9.17, 15) is 22.4 Å². The first-order valence-electron chi connectivity index (χ1n) is 10.8. The Balaban J connectivity index is 1.93. The fourth-order valence-corrected chi connectivity index (χ4v) is 5.12. The van der Waals surface area contributed by atoms with Gasteiger partial charge in [-0.2, -0.15) is 13.7 Å². The lowest BCUT2D eigenvalue weighted by molar-refractivity contribution is 0.417. The molecule has 0 amide bonds. The molecule has 0 aliphatic carbocycles. The predicted molar refractivity (Wildman–Crippen MR) is 133 cm³/mol. The third-order valence-corrected chi connectivity index (χ3v) is 6.96. The van der Waals surface area contributed by atoms with Crippen LogP contribution in [-0.2, 0) is 10.2 Å². The third kappa shape index (κ3) is 3.54. The van der Waals surface area contributed by atoms with E-state index in [0.29, 0.717) is 55.3 Å². The summed E-state index contributed by atoms with van der Waals surface area (Å²) in [5, 5.41) is 10.9. The van der Waals surface area contributed by atoms with Crippen LogP contribution in [0.25, 0.3) is 44.0 Å². The number of halogens is 1. The smallest absolute Gasteiger partial charge is 0.332 e. The monoisotopic (exact) mass is 489 g/mol. The highest BCUT2D eigenvalue weighted by Gasteiger charge is 2.21. The molecule has 3 aromatic carbocycles. The number of methoxy groups -OCH3 is 1. The van der Waals surface area contributed by atoms with Crippen LogP contribution in [0.5, 0.6) is 5.75 Å². The Morgan fingerprint density at radius 3 is 2.51 bits per heavy atom. The Kier molecular flexibility index (Phi) is 5.15. The van der Waals surface area contributed by atoms with Crippen LogP contribution < -0.4 is 10.2 Å². The number of H-pyrrole nitrogens is 1. The first-order chi connectivity index (χ1) is 16.6. The van der Waals surface area contributed by atoms with Gasteiger partial charge in [0.15, 0.2) is 5.43 Å². The van der Waals surface area contributed by atoms with Gasteiger partial charge in [-0.25, -0.2) is 0 Å². The Morgan fingerprint density at radius 1 is 1.09 bits per heavy atom. The number of pyridine rings is 1. The molecule has 35 heavy (non-hydrogen) atoms. The molecule has 9 heteroatoms. The van der Waals surface area contributed by atoms with Crippen LogP contribution in [0.3, 0.4) is 0 Å². The number of nitriles is 1. The summed E-state index contributed by atoms with van der Waals surface area (Å²) in [4.78, 5) is 16.6. The number of nitrogens with one attached hydrogen (secondary N) is 1. The molecule has 0 saturated carbocycles. The first kappa shape index (κ1) is 22.6. The van der Waals surface area contributed by atoms with Gasteiger partial charge in [0.1, 0.15) is 11.4 Å². The highest BCUT2D eigenvalue weighted by atomic mass is 32.3. The molecule has 0 bridgehead atoms. The van der Waals surface area contributed by atoms with E-state index in [0.717, 1.165) is 0 Å². The van der Waals surface area contributed by atoms with Crippen LogP contribution in [0.15, 0.2) is 64.3 Å². The highest BCUT2D eigenvalue weighted by molar-refractivity contribution is 7.86. The summed E-state index contributed by atoms with van der Waals surface area (Å²) < 4.78 is 44.2. The number of hydrogen-bond donors (Lipinski definition) is 1. The second kappa shape index (κ2) is 7.96. The molecule has 1 N–H and O–H groups in total. The fourth-order valence-electron chi connectivity index (χ4n) is 4.61. The van der Waals surface area contributed by atoms with Gasteiger partial charge >= 0.3 is 10.2 Å².